The zero-order valence-electron chi connectivity index (χ0n) is 10.9. The average Bonchev–Trinajstić information content (AvgIpc) is 2.47. The summed E-state index contributed by atoms with van der Waals surface area (Å²) in [6.07, 6.45) is 0. The van der Waals surface area contributed by atoms with E-state index < -0.39 is 28.9 Å². The number of amides is 1. The van der Waals surface area contributed by atoms with Crippen LogP contribution in [0.3, 0.4) is 0 Å². The first-order chi connectivity index (χ1) is 9.93. The van der Waals surface area contributed by atoms with Crippen molar-refractivity contribution in [2.75, 3.05) is 5.32 Å². The fourth-order valence-electron chi connectivity index (χ4n) is 1.72. The minimum atomic E-state index is -1.70. The summed E-state index contributed by atoms with van der Waals surface area (Å²) in [7, 11) is 0. The van der Waals surface area contributed by atoms with Crippen LogP contribution in [0.1, 0.15) is 21.5 Å². The number of carbonyl (C=O) groups is 1. The molecule has 106 valence electrons. The number of anilines is 1. The van der Waals surface area contributed by atoms with Gasteiger partial charge in [-0.3, -0.25) is 4.79 Å². The molecule has 3 nitrogen and oxygen atoms in total. The van der Waals surface area contributed by atoms with Crippen LogP contribution in [0.15, 0.2) is 30.3 Å². The van der Waals surface area contributed by atoms with Crippen molar-refractivity contribution in [1.82, 2.24) is 0 Å². The number of aryl methyl sites for hydroxylation is 1. The van der Waals surface area contributed by atoms with Gasteiger partial charge in [-0.15, -0.1) is 0 Å². The summed E-state index contributed by atoms with van der Waals surface area (Å²) in [6.45, 7) is 1.68. The third-order valence-corrected chi connectivity index (χ3v) is 2.89. The number of nitriles is 1. The van der Waals surface area contributed by atoms with Gasteiger partial charge in [0.15, 0.2) is 17.5 Å². The average molecular weight is 290 g/mol. The van der Waals surface area contributed by atoms with Crippen molar-refractivity contribution in [3.63, 3.8) is 0 Å². The third kappa shape index (κ3) is 2.87. The highest BCUT2D eigenvalue weighted by Crippen LogP contribution is 2.20. The van der Waals surface area contributed by atoms with Crippen molar-refractivity contribution in [2.24, 2.45) is 0 Å². The quantitative estimate of drug-likeness (QED) is 0.860. The van der Waals surface area contributed by atoms with Crippen LogP contribution in [0.4, 0.5) is 18.9 Å². The Morgan fingerprint density at radius 3 is 2.52 bits per heavy atom. The standard InChI is InChI=1S/C15H9F3N2O/c1-8-2-3-9(7-19)6-12(8)20-15(21)10-4-5-11(16)14(18)13(10)17/h2-6H,1H3,(H,20,21). The van der Waals surface area contributed by atoms with E-state index in [4.69, 9.17) is 5.26 Å². The predicted molar refractivity (Wildman–Crippen MR) is 70.2 cm³/mol. The summed E-state index contributed by atoms with van der Waals surface area (Å²) in [6, 6.07) is 8.00. The lowest BCUT2D eigenvalue weighted by Gasteiger charge is -2.09. The van der Waals surface area contributed by atoms with E-state index in [-0.39, 0.29) is 0 Å². The molecule has 0 spiro atoms. The molecule has 0 aliphatic rings. The molecule has 0 bridgehead atoms. The van der Waals surface area contributed by atoms with Crippen LogP contribution in [0.25, 0.3) is 0 Å². The van der Waals surface area contributed by atoms with Crippen LogP contribution in [-0.4, -0.2) is 5.91 Å². The van der Waals surface area contributed by atoms with Gasteiger partial charge in [0.1, 0.15) is 0 Å². The molecule has 6 heteroatoms. The number of nitrogens with one attached hydrogen (secondary N) is 1. The molecule has 0 aliphatic heterocycles. The van der Waals surface area contributed by atoms with Gasteiger partial charge < -0.3 is 5.32 Å². The van der Waals surface area contributed by atoms with E-state index >= 15 is 0 Å². The van der Waals surface area contributed by atoms with Crippen LogP contribution in [0.5, 0.6) is 0 Å². The number of benzene rings is 2. The van der Waals surface area contributed by atoms with Crippen molar-refractivity contribution < 1.29 is 18.0 Å². The Balaban J connectivity index is 2.35. The maximum Gasteiger partial charge on any atom is 0.258 e. The van der Waals surface area contributed by atoms with Gasteiger partial charge in [0.2, 0.25) is 0 Å². The molecule has 2 rings (SSSR count). The lowest BCUT2D eigenvalue weighted by atomic mass is 10.1. The van der Waals surface area contributed by atoms with Crippen molar-refractivity contribution >= 4 is 11.6 Å². The molecule has 0 unspecified atom stereocenters. The smallest absolute Gasteiger partial charge is 0.258 e. The fraction of sp³-hybridized carbons (Fsp3) is 0.0667. The molecule has 21 heavy (non-hydrogen) atoms. The van der Waals surface area contributed by atoms with Gasteiger partial charge in [-0.1, -0.05) is 6.07 Å². The number of carbonyl (C=O) groups excluding carboxylic acids is 1. The lowest BCUT2D eigenvalue weighted by molar-refractivity contribution is 0.102. The first-order valence-corrected chi connectivity index (χ1v) is 5.89. The predicted octanol–water partition coefficient (Wildman–Crippen LogP) is 3.54. The maximum atomic E-state index is 13.5. The summed E-state index contributed by atoms with van der Waals surface area (Å²) in [5.74, 6) is -5.55. The number of hydrogen-bond acceptors (Lipinski definition) is 2. The molecule has 0 fully saturated rings. The zero-order chi connectivity index (χ0) is 15.6. The highest BCUT2D eigenvalue weighted by atomic mass is 19.2. The molecule has 2 aromatic carbocycles. The van der Waals surface area contributed by atoms with Crippen molar-refractivity contribution in [3.8, 4) is 6.07 Å². The van der Waals surface area contributed by atoms with Crippen LogP contribution >= 0.6 is 0 Å². The zero-order valence-corrected chi connectivity index (χ0v) is 10.9. The molecular weight excluding hydrogens is 281 g/mol. The molecular formula is C15H9F3N2O. The van der Waals surface area contributed by atoms with E-state index in [9.17, 15) is 18.0 Å². The molecule has 0 heterocycles. The van der Waals surface area contributed by atoms with Crippen LogP contribution in [0, 0.1) is 35.7 Å². The Labute approximate surface area is 118 Å². The Hall–Kier alpha value is -2.81. The molecule has 0 radical (unpaired) electrons. The van der Waals surface area contributed by atoms with Crippen LogP contribution < -0.4 is 5.32 Å². The first-order valence-electron chi connectivity index (χ1n) is 5.89. The van der Waals surface area contributed by atoms with Crippen molar-refractivity contribution in [1.29, 1.82) is 5.26 Å². The van der Waals surface area contributed by atoms with Gasteiger partial charge in [-0.25, -0.2) is 13.2 Å². The summed E-state index contributed by atoms with van der Waals surface area (Å²) >= 11 is 0. The van der Waals surface area contributed by atoms with E-state index in [2.05, 4.69) is 5.32 Å². The van der Waals surface area contributed by atoms with Gasteiger partial charge >= 0.3 is 0 Å². The van der Waals surface area contributed by atoms with Gasteiger partial charge in [-0.05, 0) is 36.8 Å². The second kappa shape index (κ2) is 5.67. The number of halogens is 3. The minimum absolute atomic E-state index is 0.295. The molecule has 1 N–H and O–H groups in total. The van der Waals surface area contributed by atoms with Crippen LogP contribution in [-0.2, 0) is 0 Å². The van der Waals surface area contributed by atoms with Gasteiger partial charge in [-0.2, -0.15) is 5.26 Å². The van der Waals surface area contributed by atoms with Crippen LogP contribution in [0.2, 0.25) is 0 Å². The highest BCUT2D eigenvalue weighted by molar-refractivity contribution is 6.04. The molecule has 0 saturated heterocycles. The minimum Gasteiger partial charge on any atom is -0.322 e. The van der Waals surface area contributed by atoms with E-state index in [1.165, 1.54) is 6.07 Å². The second-order valence-electron chi connectivity index (χ2n) is 4.32. The molecule has 2 aromatic rings. The van der Waals surface area contributed by atoms with Gasteiger partial charge in [0.25, 0.3) is 5.91 Å². The number of rotatable bonds is 2. The monoisotopic (exact) mass is 290 g/mol. The Morgan fingerprint density at radius 2 is 1.86 bits per heavy atom. The summed E-state index contributed by atoms with van der Waals surface area (Å²) in [5.41, 5.74) is 0.630. The topological polar surface area (TPSA) is 52.9 Å². The maximum absolute atomic E-state index is 13.5. The van der Waals surface area contributed by atoms with Crippen molar-refractivity contribution in [2.45, 2.75) is 6.92 Å². The molecule has 1 amide bonds. The Morgan fingerprint density at radius 1 is 1.14 bits per heavy atom. The largest absolute Gasteiger partial charge is 0.322 e. The van der Waals surface area contributed by atoms with E-state index in [1.54, 1.807) is 19.1 Å². The SMILES string of the molecule is Cc1ccc(C#N)cc1NC(=O)c1ccc(F)c(F)c1F. The number of nitrogens with zero attached hydrogens (tertiary/aromatic N) is 1. The lowest BCUT2D eigenvalue weighted by Crippen LogP contribution is -2.16. The normalized spacial score (nSPS) is 10.0. The summed E-state index contributed by atoms with van der Waals surface area (Å²) < 4.78 is 39.5. The third-order valence-electron chi connectivity index (χ3n) is 2.89. The van der Waals surface area contributed by atoms with E-state index in [0.29, 0.717) is 22.9 Å². The van der Waals surface area contributed by atoms with Gasteiger partial charge in [0.05, 0.1) is 17.2 Å². The van der Waals surface area contributed by atoms with Gasteiger partial charge in [0, 0.05) is 5.69 Å². The highest BCUT2D eigenvalue weighted by Gasteiger charge is 2.19. The van der Waals surface area contributed by atoms with E-state index in [0.717, 1.165) is 6.07 Å². The molecule has 0 aliphatic carbocycles. The molecule has 0 aromatic heterocycles. The Kier molecular flexibility index (Phi) is 3.94. The number of hydrogen-bond donors (Lipinski definition) is 1. The second-order valence-corrected chi connectivity index (χ2v) is 4.32. The summed E-state index contributed by atoms with van der Waals surface area (Å²) in [5, 5.41) is 11.2. The fourth-order valence-corrected chi connectivity index (χ4v) is 1.72. The Bertz CT molecular complexity index is 766. The summed E-state index contributed by atoms with van der Waals surface area (Å²) in [4.78, 5) is 11.9. The first kappa shape index (κ1) is 14.6. The van der Waals surface area contributed by atoms with Crippen molar-refractivity contribution in [3.05, 3.63) is 64.5 Å². The molecule has 0 atom stereocenters. The van der Waals surface area contributed by atoms with E-state index in [1.807, 2.05) is 6.07 Å². The molecule has 0 saturated carbocycles.